The molecule has 6 nitrogen and oxygen atoms in total. The van der Waals surface area contributed by atoms with Gasteiger partial charge in [-0.3, -0.25) is 0 Å². The van der Waals surface area contributed by atoms with Crippen LogP contribution in [-0.2, 0) is 9.84 Å². The second-order valence-corrected chi connectivity index (χ2v) is 7.22. The number of rotatable bonds is 8. The number of aliphatic hydroxyl groups is 1. The summed E-state index contributed by atoms with van der Waals surface area (Å²) in [5, 5.41) is 18.8. The minimum atomic E-state index is -3.01. The summed E-state index contributed by atoms with van der Waals surface area (Å²) in [6.45, 7) is 0.691. The first-order chi connectivity index (χ1) is 9.81. The van der Waals surface area contributed by atoms with Crippen LogP contribution in [0.15, 0.2) is 24.3 Å². The van der Waals surface area contributed by atoms with E-state index in [9.17, 15) is 13.5 Å². The average Bonchev–Trinajstić information content (AvgIpc) is 2.42. The van der Waals surface area contributed by atoms with Gasteiger partial charge in [0, 0.05) is 19.3 Å². The first-order valence-electron chi connectivity index (χ1n) is 6.48. The van der Waals surface area contributed by atoms with Gasteiger partial charge in [0.05, 0.1) is 11.3 Å². The van der Waals surface area contributed by atoms with E-state index in [-0.39, 0.29) is 12.4 Å². The number of nitrogens with zero attached hydrogens (tertiary/aromatic N) is 2. The standard InChI is InChI=1S/C14H20N2O4S/c1-16(7-8-21(2,18)19)10-13(17)11-20-14-6-4-3-5-12(14)9-15/h3-6,13,17H,7-8,10-11H2,1-2H3. The maximum atomic E-state index is 11.1. The molecular weight excluding hydrogens is 292 g/mol. The molecular formula is C14H20N2O4S. The van der Waals surface area contributed by atoms with E-state index >= 15 is 0 Å². The minimum Gasteiger partial charge on any atom is -0.489 e. The van der Waals surface area contributed by atoms with Crippen LogP contribution in [0.1, 0.15) is 5.56 Å². The number of sulfone groups is 1. The van der Waals surface area contributed by atoms with Crippen LogP contribution in [-0.4, -0.2) is 63.3 Å². The maximum absolute atomic E-state index is 11.1. The molecule has 1 N–H and O–H groups in total. The molecule has 0 heterocycles. The van der Waals surface area contributed by atoms with Gasteiger partial charge in [-0.1, -0.05) is 12.1 Å². The predicted octanol–water partition coefficient (Wildman–Crippen LogP) is 0.274. The van der Waals surface area contributed by atoms with Crippen molar-refractivity contribution in [3.8, 4) is 11.8 Å². The van der Waals surface area contributed by atoms with Crippen LogP contribution in [0, 0.1) is 11.3 Å². The van der Waals surface area contributed by atoms with Gasteiger partial charge < -0.3 is 14.7 Å². The number of likely N-dealkylation sites (N-methyl/N-ethyl adjacent to an activating group) is 1. The third kappa shape index (κ3) is 7.09. The van der Waals surface area contributed by atoms with Crippen LogP contribution in [0.3, 0.4) is 0 Å². The third-order valence-corrected chi connectivity index (χ3v) is 3.73. The van der Waals surface area contributed by atoms with Gasteiger partial charge in [0.25, 0.3) is 0 Å². The van der Waals surface area contributed by atoms with Crippen LogP contribution in [0.4, 0.5) is 0 Å². The molecule has 1 unspecified atom stereocenters. The smallest absolute Gasteiger partial charge is 0.148 e. The highest BCUT2D eigenvalue weighted by Gasteiger charge is 2.12. The molecule has 0 aromatic heterocycles. The molecule has 21 heavy (non-hydrogen) atoms. The number of hydrogen-bond acceptors (Lipinski definition) is 6. The number of aliphatic hydroxyl groups excluding tert-OH is 1. The Bertz CT molecular complexity index is 595. The Morgan fingerprint density at radius 2 is 2.10 bits per heavy atom. The van der Waals surface area contributed by atoms with Crippen molar-refractivity contribution in [1.82, 2.24) is 4.90 Å². The van der Waals surface area contributed by atoms with Crippen LogP contribution in [0.2, 0.25) is 0 Å². The van der Waals surface area contributed by atoms with Crippen LogP contribution in [0.25, 0.3) is 0 Å². The Morgan fingerprint density at radius 3 is 2.71 bits per heavy atom. The second-order valence-electron chi connectivity index (χ2n) is 4.96. The molecule has 116 valence electrons. The highest BCUT2D eigenvalue weighted by Crippen LogP contribution is 2.16. The van der Waals surface area contributed by atoms with Crippen LogP contribution >= 0.6 is 0 Å². The fourth-order valence-corrected chi connectivity index (χ4v) is 2.34. The summed E-state index contributed by atoms with van der Waals surface area (Å²) < 4.78 is 27.5. The van der Waals surface area contributed by atoms with E-state index in [1.807, 2.05) is 6.07 Å². The van der Waals surface area contributed by atoms with Crippen molar-refractivity contribution in [3.63, 3.8) is 0 Å². The minimum absolute atomic E-state index is 0.0436. The summed E-state index contributed by atoms with van der Waals surface area (Å²) in [5.41, 5.74) is 0.412. The highest BCUT2D eigenvalue weighted by molar-refractivity contribution is 7.90. The molecule has 0 aliphatic carbocycles. The molecule has 0 amide bonds. The van der Waals surface area contributed by atoms with Crippen molar-refractivity contribution < 1.29 is 18.3 Å². The molecule has 1 aromatic carbocycles. The number of nitriles is 1. The summed E-state index contributed by atoms with van der Waals surface area (Å²) >= 11 is 0. The van der Waals surface area contributed by atoms with Crippen molar-refractivity contribution in [2.24, 2.45) is 0 Å². The van der Waals surface area contributed by atoms with Gasteiger partial charge in [0.2, 0.25) is 0 Å². The van der Waals surface area contributed by atoms with Gasteiger partial charge in [-0.05, 0) is 19.2 Å². The second kappa shape index (κ2) is 7.98. The molecule has 0 spiro atoms. The lowest BCUT2D eigenvalue weighted by atomic mass is 10.2. The zero-order valence-corrected chi connectivity index (χ0v) is 13.0. The summed E-state index contributed by atoms with van der Waals surface area (Å²) in [6, 6.07) is 8.81. The summed E-state index contributed by atoms with van der Waals surface area (Å²) in [7, 11) is -1.28. The number of hydrogen-bond donors (Lipinski definition) is 1. The molecule has 0 aliphatic heterocycles. The van der Waals surface area contributed by atoms with E-state index < -0.39 is 15.9 Å². The van der Waals surface area contributed by atoms with Gasteiger partial charge >= 0.3 is 0 Å². The van der Waals surface area contributed by atoms with Crippen molar-refractivity contribution in [3.05, 3.63) is 29.8 Å². The lowest BCUT2D eigenvalue weighted by Crippen LogP contribution is -2.35. The van der Waals surface area contributed by atoms with E-state index in [0.717, 1.165) is 0 Å². The van der Waals surface area contributed by atoms with Crippen molar-refractivity contribution >= 4 is 9.84 Å². The molecule has 0 aliphatic rings. The summed E-state index contributed by atoms with van der Waals surface area (Å²) in [5.74, 6) is 0.478. The number of benzene rings is 1. The zero-order chi connectivity index (χ0) is 15.9. The van der Waals surface area contributed by atoms with E-state index in [1.54, 1.807) is 36.2 Å². The van der Waals surface area contributed by atoms with Crippen LogP contribution < -0.4 is 4.74 Å². The Kier molecular flexibility index (Phi) is 6.62. The van der Waals surface area contributed by atoms with Gasteiger partial charge in [-0.2, -0.15) is 5.26 Å². The molecule has 1 atom stereocenters. The molecule has 1 rings (SSSR count). The Balaban J connectivity index is 2.40. The van der Waals surface area contributed by atoms with Crippen molar-refractivity contribution in [2.45, 2.75) is 6.10 Å². The quantitative estimate of drug-likeness (QED) is 0.741. The molecule has 7 heteroatoms. The fourth-order valence-electron chi connectivity index (χ4n) is 1.70. The SMILES string of the molecule is CN(CCS(C)(=O)=O)CC(O)COc1ccccc1C#N. The number of para-hydroxylation sites is 1. The maximum Gasteiger partial charge on any atom is 0.148 e. The van der Waals surface area contributed by atoms with Gasteiger partial charge in [-0.25, -0.2) is 8.42 Å². The molecule has 0 saturated heterocycles. The highest BCUT2D eigenvalue weighted by atomic mass is 32.2. The largest absolute Gasteiger partial charge is 0.489 e. The first kappa shape index (κ1) is 17.4. The molecule has 0 saturated carbocycles. The Labute approximate surface area is 125 Å². The molecule has 0 fully saturated rings. The van der Waals surface area contributed by atoms with Crippen molar-refractivity contribution in [2.75, 3.05) is 38.8 Å². The van der Waals surface area contributed by atoms with Gasteiger partial charge in [0.1, 0.15) is 34.4 Å². The van der Waals surface area contributed by atoms with Crippen LogP contribution in [0.5, 0.6) is 5.75 Å². The first-order valence-corrected chi connectivity index (χ1v) is 8.54. The summed E-state index contributed by atoms with van der Waals surface area (Å²) in [4.78, 5) is 1.73. The molecule has 1 aromatic rings. The number of ether oxygens (including phenoxy) is 1. The molecule has 0 bridgehead atoms. The molecule has 0 radical (unpaired) electrons. The Morgan fingerprint density at radius 1 is 1.43 bits per heavy atom. The fraction of sp³-hybridized carbons (Fsp3) is 0.500. The average molecular weight is 312 g/mol. The van der Waals surface area contributed by atoms with E-state index in [0.29, 0.717) is 24.4 Å². The monoisotopic (exact) mass is 312 g/mol. The van der Waals surface area contributed by atoms with Gasteiger partial charge in [-0.15, -0.1) is 0 Å². The zero-order valence-electron chi connectivity index (χ0n) is 12.2. The van der Waals surface area contributed by atoms with E-state index in [4.69, 9.17) is 10.00 Å². The summed E-state index contributed by atoms with van der Waals surface area (Å²) in [6.07, 6.45) is 0.417. The Hall–Kier alpha value is -1.62. The third-order valence-electron chi connectivity index (χ3n) is 2.80. The van der Waals surface area contributed by atoms with Crippen molar-refractivity contribution in [1.29, 1.82) is 5.26 Å². The lowest BCUT2D eigenvalue weighted by molar-refractivity contribution is 0.0779. The normalized spacial score (nSPS) is 12.9. The lowest BCUT2D eigenvalue weighted by Gasteiger charge is -2.20. The topological polar surface area (TPSA) is 90.6 Å². The van der Waals surface area contributed by atoms with Gasteiger partial charge in [0.15, 0.2) is 0 Å². The van der Waals surface area contributed by atoms with E-state index in [2.05, 4.69) is 0 Å². The van der Waals surface area contributed by atoms with E-state index in [1.165, 1.54) is 6.26 Å². The predicted molar refractivity (Wildman–Crippen MR) is 79.9 cm³/mol.